The van der Waals surface area contributed by atoms with Gasteiger partial charge in [0.2, 0.25) is 0 Å². The molecule has 1 aromatic heterocycles. The van der Waals surface area contributed by atoms with E-state index in [0.717, 1.165) is 17.0 Å². The number of nitrogens with zero attached hydrogens (tertiary/aromatic N) is 1. The second-order valence-electron chi connectivity index (χ2n) is 5.16. The van der Waals surface area contributed by atoms with Crippen LogP contribution in [0.1, 0.15) is 42.9 Å². The molecule has 0 radical (unpaired) electrons. The molecule has 4 N–H and O–H groups in total. The van der Waals surface area contributed by atoms with Crippen molar-refractivity contribution in [3.05, 3.63) is 41.3 Å². The Hall–Kier alpha value is -1.65. The number of hydrogen-bond donors (Lipinski definition) is 3. The van der Waals surface area contributed by atoms with Crippen molar-refractivity contribution in [2.45, 2.75) is 32.7 Å². The van der Waals surface area contributed by atoms with Crippen LogP contribution in [0.5, 0.6) is 0 Å². The van der Waals surface area contributed by atoms with E-state index in [1.165, 1.54) is 5.56 Å². The van der Waals surface area contributed by atoms with Gasteiger partial charge in [0.1, 0.15) is 5.82 Å². The summed E-state index contributed by atoms with van der Waals surface area (Å²) in [6, 6.07) is 7.95. The van der Waals surface area contributed by atoms with E-state index in [0.29, 0.717) is 11.7 Å². The highest BCUT2D eigenvalue weighted by atomic mass is 16.3. The molecule has 2 rings (SSSR count). The first-order valence-electron chi connectivity index (χ1n) is 6.56. The first-order valence-corrected chi connectivity index (χ1v) is 6.56. The lowest BCUT2D eigenvalue weighted by Gasteiger charge is -2.06. The number of H-pyrrole nitrogens is 1. The third-order valence-corrected chi connectivity index (χ3v) is 3.30. The predicted molar refractivity (Wildman–Crippen MR) is 76.9 cm³/mol. The number of hydrogen-bond acceptors (Lipinski definition) is 3. The number of aliphatic hydroxyl groups excluding tert-OH is 1. The summed E-state index contributed by atoms with van der Waals surface area (Å²) in [4.78, 5) is 7.62. The molecule has 0 fully saturated rings. The van der Waals surface area contributed by atoms with Crippen molar-refractivity contribution in [3.8, 4) is 11.3 Å². The van der Waals surface area contributed by atoms with Gasteiger partial charge in [-0.1, -0.05) is 38.1 Å². The second kappa shape index (κ2) is 5.55. The summed E-state index contributed by atoms with van der Waals surface area (Å²) in [7, 11) is 0. The van der Waals surface area contributed by atoms with Crippen LogP contribution in [-0.4, -0.2) is 21.7 Å². The Morgan fingerprint density at radius 3 is 2.42 bits per heavy atom. The maximum atomic E-state index is 9.07. The van der Waals surface area contributed by atoms with Crippen LogP contribution in [0.15, 0.2) is 24.3 Å². The number of benzene rings is 1. The van der Waals surface area contributed by atoms with Gasteiger partial charge in [-0.15, -0.1) is 0 Å². The van der Waals surface area contributed by atoms with Gasteiger partial charge in [0.05, 0.1) is 18.3 Å². The summed E-state index contributed by atoms with van der Waals surface area (Å²) in [5.41, 5.74) is 10.0. The van der Waals surface area contributed by atoms with Crippen LogP contribution in [0, 0.1) is 6.92 Å². The summed E-state index contributed by atoms with van der Waals surface area (Å²) < 4.78 is 0. The molecule has 1 aromatic carbocycles. The molecule has 1 unspecified atom stereocenters. The molecule has 1 atom stereocenters. The van der Waals surface area contributed by atoms with Crippen LogP contribution in [0.25, 0.3) is 11.3 Å². The zero-order chi connectivity index (χ0) is 14.0. The maximum absolute atomic E-state index is 9.07. The SMILES string of the molecule is Cc1[nH]c(C(N)CO)nc1-c1ccc(C(C)C)cc1. The van der Waals surface area contributed by atoms with Gasteiger partial charge in [0.25, 0.3) is 0 Å². The Labute approximate surface area is 113 Å². The van der Waals surface area contributed by atoms with Crippen molar-refractivity contribution in [1.82, 2.24) is 9.97 Å². The molecular weight excluding hydrogens is 238 g/mol. The zero-order valence-corrected chi connectivity index (χ0v) is 11.6. The van der Waals surface area contributed by atoms with Crippen LogP contribution >= 0.6 is 0 Å². The smallest absolute Gasteiger partial charge is 0.126 e. The molecular formula is C15H21N3O. The van der Waals surface area contributed by atoms with E-state index in [1.54, 1.807) is 0 Å². The average Bonchev–Trinajstić information content (AvgIpc) is 2.80. The van der Waals surface area contributed by atoms with Crippen molar-refractivity contribution in [3.63, 3.8) is 0 Å². The molecule has 0 spiro atoms. The van der Waals surface area contributed by atoms with Gasteiger partial charge in [-0.05, 0) is 18.4 Å². The maximum Gasteiger partial charge on any atom is 0.126 e. The molecule has 0 aliphatic rings. The average molecular weight is 259 g/mol. The Bertz CT molecular complexity index is 543. The largest absolute Gasteiger partial charge is 0.394 e. The number of aliphatic hydroxyl groups is 1. The second-order valence-corrected chi connectivity index (χ2v) is 5.16. The molecule has 2 aromatic rings. The van der Waals surface area contributed by atoms with Crippen molar-refractivity contribution < 1.29 is 5.11 Å². The lowest BCUT2D eigenvalue weighted by atomic mass is 10.0. The van der Waals surface area contributed by atoms with Gasteiger partial charge in [0, 0.05) is 11.3 Å². The Morgan fingerprint density at radius 2 is 1.89 bits per heavy atom. The van der Waals surface area contributed by atoms with E-state index in [1.807, 2.05) is 6.92 Å². The van der Waals surface area contributed by atoms with Gasteiger partial charge in [-0.25, -0.2) is 4.98 Å². The van der Waals surface area contributed by atoms with E-state index in [2.05, 4.69) is 48.1 Å². The number of aromatic nitrogens is 2. The van der Waals surface area contributed by atoms with Crippen molar-refractivity contribution >= 4 is 0 Å². The highest BCUT2D eigenvalue weighted by Crippen LogP contribution is 2.24. The molecule has 0 saturated heterocycles. The van der Waals surface area contributed by atoms with Crippen LogP contribution in [0.2, 0.25) is 0 Å². The summed E-state index contributed by atoms with van der Waals surface area (Å²) in [6.45, 7) is 6.20. The van der Waals surface area contributed by atoms with E-state index >= 15 is 0 Å². The van der Waals surface area contributed by atoms with E-state index in [4.69, 9.17) is 10.8 Å². The lowest BCUT2D eigenvalue weighted by molar-refractivity contribution is 0.264. The van der Waals surface area contributed by atoms with E-state index in [9.17, 15) is 0 Å². The summed E-state index contributed by atoms with van der Waals surface area (Å²) in [5.74, 6) is 1.15. The molecule has 1 heterocycles. The zero-order valence-electron chi connectivity index (χ0n) is 11.6. The fourth-order valence-electron chi connectivity index (χ4n) is 2.05. The highest BCUT2D eigenvalue weighted by molar-refractivity contribution is 5.62. The summed E-state index contributed by atoms with van der Waals surface area (Å²) in [6.07, 6.45) is 0. The normalized spacial score (nSPS) is 12.9. The van der Waals surface area contributed by atoms with Crippen LogP contribution < -0.4 is 5.73 Å². The number of nitrogens with two attached hydrogens (primary N) is 1. The summed E-state index contributed by atoms with van der Waals surface area (Å²) in [5, 5.41) is 9.07. The number of aromatic amines is 1. The molecule has 4 heteroatoms. The van der Waals surface area contributed by atoms with Gasteiger partial charge < -0.3 is 15.8 Å². The highest BCUT2D eigenvalue weighted by Gasteiger charge is 2.13. The molecule has 0 saturated carbocycles. The molecule has 0 aliphatic heterocycles. The van der Waals surface area contributed by atoms with E-state index in [-0.39, 0.29) is 6.61 Å². The third-order valence-electron chi connectivity index (χ3n) is 3.30. The quantitative estimate of drug-likeness (QED) is 0.789. The fourth-order valence-corrected chi connectivity index (χ4v) is 2.05. The third kappa shape index (κ3) is 2.85. The van der Waals surface area contributed by atoms with Crippen molar-refractivity contribution in [2.75, 3.05) is 6.61 Å². The predicted octanol–water partition coefficient (Wildman–Crippen LogP) is 2.50. The first-order chi connectivity index (χ1) is 9.02. The fraction of sp³-hybridized carbons (Fsp3) is 0.400. The molecule has 19 heavy (non-hydrogen) atoms. The van der Waals surface area contributed by atoms with Crippen LogP contribution in [-0.2, 0) is 0 Å². The van der Waals surface area contributed by atoms with Gasteiger partial charge >= 0.3 is 0 Å². The van der Waals surface area contributed by atoms with Crippen molar-refractivity contribution in [1.29, 1.82) is 0 Å². The molecule has 102 valence electrons. The number of nitrogens with one attached hydrogen (secondary N) is 1. The number of rotatable bonds is 4. The molecule has 0 amide bonds. The van der Waals surface area contributed by atoms with E-state index < -0.39 is 6.04 Å². The molecule has 0 aliphatic carbocycles. The minimum absolute atomic E-state index is 0.112. The Morgan fingerprint density at radius 1 is 1.26 bits per heavy atom. The number of imidazole rings is 1. The van der Waals surface area contributed by atoms with Crippen LogP contribution in [0.3, 0.4) is 0 Å². The van der Waals surface area contributed by atoms with Gasteiger partial charge in [0.15, 0.2) is 0 Å². The van der Waals surface area contributed by atoms with Crippen molar-refractivity contribution in [2.24, 2.45) is 5.73 Å². The molecule has 4 nitrogen and oxygen atoms in total. The Kier molecular flexibility index (Phi) is 4.02. The monoisotopic (exact) mass is 259 g/mol. The minimum atomic E-state index is -0.456. The minimum Gasteiger partial charge on any atom is -0.394 e. The van der Waals surface area contributed by atoms with Gasteiger partial charge in [-0.3, -0.25) is 0 Å². The lowest BCUT2D eigenvalue weighted by Crippen LogP contribution is -2.16. The van der Waals surface area contributed by atoms with Gasteiger partial charge in [-0.2, -0.15) is 0 Å². The molecule has 0 bridgehead atoms. The summed E-state index contributed by atoms with van der Waals surface area (Å²) >= 11 is 0. The van der Waals surface area contributed by atoms with Crippen LogP contribution in [0.4, 0.5) is 0 Å². The number of aryl methyl sites for hydroxylation is 1. The topological polar surface area (TPSA) is 74.9 Å². The Balaban J connectivity index is 2.33. The standard InChI is InChI=1S/C15H21N3O/c1-9(2)11-4-6-12(7-5-11)14-10(3)17-15(18-14)13(16)8-19/h4-7,9,13,19H,8,16H2,1-3H3,(H,17,18). The first kappa shape index (κ1) is 13.8.